The highest BCUT2D eigenvalue weighted by molar-refractivity contribution is 6.17. The summed E-state index contributed by atoms with van der Waals surface area (Å²) in [5, 5.41) is 0. The number of nitrogens with zero attached hydrogens (tertiary/aromatic N) is 1. The average molecular weight is 228 g/mol. The molecule has 0 aliphatic carbocycles. The Morgan fingerprint density at radius 1 is 1.40 bits per heavy atom. The second-order valence-corrected chi connectivity index (χ2v) is 4.29. The Morgan fingerprint density at radius 2 is 2.20 bits per heavy atom. The highest BCUT2D eigenvalue weighted by Gasteiger charge is 1.97. The molecule has 0 bridgehead atoms. The zero-order valence-electron chi connectivity index (χ0n) is 9.37. The van der Waals surface area contributed by atoms with Crippen molar-refractivity contribution < 1.29 is 4.74 Å². The largest absolute Gasteiger partial charge is 0.478 e. The summed E-state index contributed by atoms with van der Waals surface area (Å²) in [6.45, 7) is 5.17. The Hall–Kier alpha value is -0.760. The zero-order chi connectivity index (χ0) is 11.1. The van der Waals surface area contributed by atoms with Crippen LogP contribution in [0.3, 0.4) is 0 Å². The van der Waals surface area contributed by atoms with Crippen molar-refractivity contribution in [2.24, 2.45) is 5.92 Å². The van der Waals surface area contributed by atoms with Gasteiger partial charge in [-0.25, -0.2) is 4.98 Å². The highest BCUT2D eigenvalue weighted by Crippen LogP contribution is 2.10. The molecule has 0 aromatic carbocycles. The summed E-state index contributed by atoms with van der Waals surface area (Å²) >= 11 is 5.66. The van der Waals surface area contributed by atoms with Gasteiger partial charge in [-0.3, -0.25) is 0 Å². The smallest absolute Gasteiger partial charge is 0.213 e. The van der Waals surface area contributed by atoms with Gasteiger partial charge in [0.25, 0.3) is 0 Å². The van der Waals surface area contributed by atoms with Crippen LogP contribution in [-0.4, -0.2) is 11.6 Å². The molecule has 0 radical (unpaired) electrons. The maximum Gasteiger partial charge on any atom is 0.213 e. The van der Waals surface area contributed by atoms with Crippen LogP contribution >= 0.6 is 11.6 Å². The van der Waals surface area contributed by atoms with Gasteiger partial charge in [-0.2, -0.15) is 0 Å². The lowest BCUT2D eigenvalue weighted by Gasteiger charge is -2.06. The van der Waals surface area contributed by atoms with Crippen LogP contribution < -0.4 is 4.74 Å². The van der Waals surface area contributed by atoms with E-state index in [4.69, 9.17) is 16.3 Å². The Bertz CT molecular complexity index is 271. The first-order valence-corrected chi connectivity index (χ1v) is 5.89. The highest BCUT2D eigenvalue weighted by atomic mass is 35.5. The Morgan fingerprint density at radius 3 is 2.73 bits per heavy atom. The minimum Gasteiger partial charge on any atom is -0.478 e. The fraction of sp³-hybridized carbons (Fsp3) is 0.583. The molecular weight excluding hydrogens is 210 g/mol. The number of hydrogen-bond acceptors (Lipinski definition) is 2. The van der Waals surface area contributed by atoms with Gasteiger partial charge in [0.05, 0.1) is 6.61 Å². The molecule has 0 spiro atoms. The van der Waals surface area contributed by atoms with Crippen LogP contribution in [0.5, 0.6) is 5.88 Å². The molecule has 0 fully saturated rings. The van der Waals surface area contributed by atoms with Gasteiger partial charge >= 0.3 is 0 Å². The lowest BCUT2D eigenvalue weighted by atomic mass is 10.1. The third-order valence-corrected chi connectivity index (χ3v) is 2.44. The molecule has 0 saturated carbocycles. The fourth-order valence-corrected chi connectivity index (χ4v) is 1.40. The van der Waals surface area contributed by atoms with E-state index in [0.29, 0.717) is 11.8 Å². The first-order chi connectivity index (χ1) is 7.22. The summed E-state index contributed by atoms with van der Waals surface area (Å²) in [4.78, 5) is 4.16. The molecule has 0 unspecified atom stereocenters. The molecule has 84 valence electrons. The van der Waals surface area contributed by atoms with Gasteiger partial charge in [0.2, 0.25) is 5.88 Å². The van der Waals surface area contributed by atoms with Crippen LogP contribution in [0.25, 0.3) is 0 Å². The maximum absolute atomic E-state index is 5.66. The lowest BCUT2D eigenvalue weighted by Crippen LogP contribution is -2.01. The van der Waals surface area contributed by atoms with Gasteiger partial charge in [-0.05, 0) is 24.3 Å². The topological polar surface area (TPSA) is 22.1 Å². The van der Waals surface area contributed by atoms with E-state index in [1.807, 2.05) is 12.1 Å². The third-order valence-electron chi connectivity index (χ3n) is 2.13. The quantitative estimate of drug-likeness (QED) is 0.547. The van der Waals surface area contributed by atoms with E-state index in [9.17, 15) is 0 Å². The van der Waals surface area contributed by atoms with Crippen molar-refractivity contribution in [3.63, 3.8) is 0 Å². The van der Waals surface area contributed by atoms with Crippen molar-refractivity contribution in [1.29, 1.82) is 0 Å². The molecule has 0 aliphatic heterocycles. The van der Waals surface area contributed by atoms with Crippen molar-refractivity contribution in [2.75, 3.05) is 6.61 Å². The van der Waals surface area contributed by atoms with E-state index in [1.165, 1.54) is 6.42 Å². The molecule has 2 nitrogen and oxygen atoms in total. The van der Waals surface area contributed by atoms with Gasteiger partial charge in [0, 0.05) is 18.1 Å². The molecule has 0 saturated heterocycles. The van der Waals surface area contributed by atoms with Gasteiger partial charge in [-0.15, -0.1) is 11.6 Å². The second-order valence-electron chi connectivity index (χ2n) is 4.02. The summed E-state index contributed by atoms with van der Waals surface area (Å²) in [5.41, 5.74) is 1.02. The molecule has 1 rings (SSSR count). The number of aromatic nitrogens is 1. The van der Waals surface area contributed by atoms with Crippen molar-refractivity contribution in [1.82, 2.24) is 4.98 Å². The molecule has 0 aliphatic rings. The summed E-state index contributed by atoms with van der Waals surface area (Å²) < 4.78 is 5.50. The average Bonchev–Trinajstić information content (AvgIpc) is 2.25. The summed E-state index contributed by atoms with van der Waals surface area (Å²) in [6, 6.07) is 3.81. The predicted octanol–water partition coefficient (Wildman–Crippen LogP) is 3.64. The van der Waals surface area contributed by atoms with Crippen molar-refractivity contribution in [3.05, 3.63) is 23.9 Å². The van der Waals surface area contributed by atoms with Crippen LogP contribution in [0.15, 0.2) is 18.3 Å². The molecular formula is C12H18ClNO. The van der Waals surface area contributed by atoms with E-state index < -0.39 is 0 Å². The van der Waals surface area contributed by atoms with Crippen molar-refractivity contribution >= 4 is 11.6 Å². The Labute approximate surface area is 96.6 Å². The van der Waals surface area contributed by atoms with E-state index in [0.717, 1.165) is 24.5 Å². The first kappa shape index (κ1) is 12.3. The van der Waals surface area contributed by atoms with E-state index in [1.54, 1.807) is 6.20 Å². The van der Waals surface area contributed by atoms with Gasteiger partial charge in [0.1, 0.15) is 0 Å². The first-order valence-electron chi connectivity index (χ1n) is 5.36. The minimum absolute atomic E-state index is 0.501. The van der Waals surface area contributed by atoms with Crippen LogP contribution in [0, 0.1) is 5.92 Å². The zero-order valence-corrected chi connectivity index (χ0v) is 10.1. The van der Waals surface area contributed by atoms with Gasteiger partial charge < -0.3 is 4.74 Å². The SMILES string of the molecule is CC(C)CCCOc1ccc(CCl)cn1. The summed E-state index contributed by atoms with van der Waals surface area (Å²) in [7, 11) is 0. The molecule has 1 aromatic heterocycles. The minimum atomic E-state index is 0.501. The fourth-order valence-electron chi connectivity index (χ4n) is 1.24. The van der Waals surface area contributed by atoms with Crippen molar-refractivity contribution in [2.45, 2.75) is 32.6 Å². The Kier molecular flexibility index (Phi) is 5.48. The molecule has 15 heavy (non-hydrogen) atoms. The molecule has 3 heteroatoms. The van der Waals surface area contributed by atoms with E-state index in [-0.39, 0.29) is 0 Å². The number of alkyl halides is 1. The number of ether oxygens (including phenoxy) is 1. The molecule has 1 heterocycles. The third kappa shape index (κ3) is 5.03. The molecule has 0 atom stereocenters. The van der Waals surface area contributed by atoms with E-state index in [2.05, 4.69) is 18.8 Å². The van der Waals surface area contributed by atoms with E-state index >= 15 is 0 Å². The van der Waals surface area contributed by atoms with Crippen LogP contribution in [0.2, 0.25) is 0 Å². The van der Waals surface area contributed by atoms with Gasteiger partial charge in [0.15, 0.2) is 0 Å². The standard InChI is InChI=1S/C12H18ClNO/c1-10(2)4-3-7-15-12-6-5-11(8-13)9-14-12/h5-6,9-10H,3-4,7-8H2,1-2H3. The summed E-state index contributed by atoms with van der Waals surface area (Å²) in [6.07, 6.45) is 4.03. The maximum atomic E-state index is 5.66. The number of hydrogen-bond donors (Lipinski definition) is 0. The normalized spacial score (nSPS) is 10.7. The molecule has 0 N–H and O–H groups in total. The Balaban J connectivity index is 2.25. The number of pyridine rings is 1. The van der Waals surface area contributed by atoms with Crippen LogP contribution in [-0.2, 0) is 5.88 Å². The second kappa shape index (κ2) is 6.67. The molecule has 0 amide bonds. The monoisotopic (exact) mass is 227 g/mol. The van der Waals surface area contributed by atoms with Crippen LogP contribution in [0.4, 0.5) is 0 Å². The number of halogens is 1. The van der Waals surface area contributed by atoms with Gasteiger partial charge in [-0.1, -0.05) is 19.9 Å². The lowest BCUT2D eigenvalue weighted by molar-refractivity contribution is 0.287. The van der Waals surface area contributed by atoms with Crippen molar-refractivity contribution in [3.8, 4) is 5.88 Å². The molecule has 1 aromatic rings. The van der Waals surface area contributed by atoms with Crippen LogP contribution in [0.1, 0.15) is 32.3 Å². The number of rotatable bonds is 6. The predicted molar refractivity (Wildman–Crippen MR) is 63.4 cm³/mol. The summed E-state index contributed by atoms with van der Waals surface area (Å²) in [5.74, 6) is 1.92.